The molecule has 0 bridgehead atoms. The number of hydrogen-bond acceptors (Lipinski definition) is 6. The third-order valence-corrected chi connectivity index (χ3v) is 10.0. The van der Waals surface area contributed by atoms with E-state index < -0.39 is 47.4 Å². The number of alkyl halides is 2. The first kappa shape index (κ1) is 37.3. The molecule has 1 unspecified atom stereocenters. The molecule has 1 saturated heterocycles. The van der Waals surface area contributed by atoms with Gasteiger partial charge in [0.2, 0.25) is 11.8 Å². The van der Waals surface area contributed by atoms with Crippen LogP contribution in [0.2, 0.25) is 0 Å². The molecular weight excluding hydrogens is 620 g/mol. The predicted molar refractivity (Wildman–Crippen MR) is 181 cm³/mol. The van der Waals surface area contributed by atoms with E-state index in [9.17, 15) is 19.5 Å². The Morgan fingerprint density at radius 2 is 1.81 bits per heavy atom. The fourth-order valence-corrected chi connectivity index (χ4v) is 7.43. The number of pyridine rings is 1. The summed E-state index contributed by atoms with van der Waals surface area (Å²) in [5, 5.41) is 12.4. The number of ketones is 1. The van der Waals surface area contributed by atoms with Crippen molar-refractivity contribution in [2.45, 2.75) is 129 Å². The second kappa shape index (κ2) is 15.8. The molecule has 2 aliphatic rings. The number of unbranched alkanes of at least 4 members (excludes halogenated alkanes) is 1. The molecule has 1 aromatic heterocycles. The standard InChI is InChI=1S/C37H53F2N3O6/c1-7-13-29(43)31-26(8-2)30(22-42(31)34(44)32(36(3,4)5)41-35(45)46)48-33-27(20-24-17-18-25(47-6)21-28(24)40-33)37(38,39)19-12-11-16-23-14-9-10-15-23/h17-18,20-21,23,26,30-32,41H,7-16,19,22H2,1-6H3,(H,45,46)/t26?,30-,31-,32+/m0/s1. The molecule has 2 aromatic rings. The second-order valence-electron chi connectivity index (χ2n) is 14.6. The van der Waals surface area contributed by atoms with Gasteiger partial charge in [-0.2, -0.15) is 0 Å². The Hall–Kier alpha value is -3.50. The number of rotatable bonds is 15. The number of likely N-dealkylation sites (tertiary alicyclic amines) is 1. The molecule has 48 heavy (non-hydrogen) atoms. The monoisotopic (exact) mass is 673 g/mol. The highest BCUT2D eigenvalue weighted by Crippen LogP contribution is 2.43. The smallest absolute Gasteiger partial charge is 0.405 e. The Bertz CT molecular complexity index is 1440. The molecule has 1 saturated carbocycles. The molecule has 2 amide bonds. The lowest BCUT2D eigenvalue weighted by Gasteiger charge is -2.35. The van der Waals surface area contributed by atoms with Crippen LogP contribution in [0.4, 0.5) is 13.6 Å². The number of fused-ring (bicyclic) bond motifs is 1. The normalized spacial score (nSPS) is 21.0. The Morgan fingerprint density at radius 1 is 1.10 bits per heavy atom. The van der Waals surface area contributed by atoms with Gasteiger partial charge in [0, 0.05) is 30.2 Å². The number of benzene rings is 1. The molecule has 9 nitrogen and oxygen atoms in total. The molecule has 1 aromatic carbocycles. The topological polar surface area (TPSA) is 118 Å². The Morgan fingerprint density at radius 3 is 2.42 bits per heavy atom. The van der Waals surface area contributed by atoms with Gasteiger partial charge in [0.1, 0.15) is 17.9 Å². The van der Waals surface area contributed by atoms with Crippen LogP contribution in [-0.2, 0) is 15.5 Å². The Labute approximate surface area is 283 Å². The minimum Gasteiger partial charge on any atom is -0.497 e. The lowest BCUT2D eigenvalue weighted by molar-refractivity contribution is -0.142. The van der Waals surface area contributed by atoms with Crippen molar-refractivity contribution in [3.63, 3.8) is 0 Å². The minimum absolute atomic E-state index is 0.0738. The first-order valence-corrected chi connectivity index (χ1v) is 17.6. The second-order valence-corrected chi connectivity index (χ2v) is 14.6. The number of ether oxygens (including phenoxy) is 2. The van der Waals surface area contributed by atoms with Gasteiger partial charge in [0.05, 0.1) is 30.8 Å². The molecule has 4 rings (SSSR count). The highest BCUT2D eigenvalue weighted by Gasteiger charge is 2.51. The molecular formula is C37H53F2N3O6. The maximum absolute atomic E-state index is 16.2. The first-order chi connectivity index (χ1) is 22.7. The van der Waals surface area contributed by atoms with E-state index in [0.29, 0.717) is 41.8 Å². The molecule has 2 fully saturated rings. The van der Waals surface area contributed by atoms with Crippen molar-refractivity contribution in [3.05, 3.63) is 29.8 Å². The molecule has 2 N–H and O–H groups in total. The van der Waals surface area contributed by atoms with Crippen LogP contribution in [0.15, 0.2) is 24.3 Å². The van der Waals surface area contributed by atoms with Gasteiger partial charge in [-0.05, 0) is 48.8 Å². The maximum Gasteiger partial charge on any atom is 0.405 e. The number of hydrogen-bond donors (Lipinski definition) is 2. The summed E-state index contributed by atoms with van der Waals surface area (Å²) < 4.78 is 44.2. The van der Waals surface area contributed by atoms with Crippen molar-refractivity contribution in [3.8, 4) is 11.6 Å². The summed E-state index contributed by atoms with van der Waals surface area (Å²) in [5.41, 5.74) is -0.709. The highest BCUT2D eigenvalue weighted by molar-refractivity contribution is 5.93. The number of Topliss-reactive ketones (excluding diaryl/α,β-unsaturated/α-hetero) is 1. The summed E-state index contributed by atoms with van der Waals surface area (Å²) >= 11 is 0. The van der Waals surface area contributed by atoms with E-state index in [2.05, 4.69) is 10.3 Å². The van der Waals surface area contributed by atoms with Crippen LogP contribution in [0.3, 0.4) is 0 Å². The first-order valence-electron chi connectivity index (χ1n) is 17.6. The van der Waals surface area contributed by atoms with Crippen molar-refractivity contribution in [2.24, 2.45) is 17.3 Å². The van der Waals surface area contributed by atoms with Gasteiger partial charge in [0.15, 0.2) is 5.78 Å². The lowest BCUT2D eigenvalue weighted by atomic mass is 9.85. The zero-order valence-electron chi connectivity index (χ0n) is 29.3. The van der Waals surface area contributed by atoms with Gasteiger partial charge < -0.3 is 24.8 Å². The SMILES string of the molecule is CCCC(=O)[C@@H]1C(CC)[C@@H](Oc2nc3cc(OC)ccc3cc2C(F)(F)CCCCC2CCCC2)CN1C(=O)[C@@H](NC(=O)O)C(C)(C)C. The van der Waals surface area contributed by atoms with E-state index in [1.165, 1.54) is 43.8 Å². The molecule has 1 aliphatic carbocycles. The number of methoxy groups -OCH3 is 1. The Kier molecular flexibility index (Phi) is 12.3. The van der Waals surface area contributed by atoms with Crippen molar-refractivity contribution in [1.82, 2.24) is 15.2 Å². The van der Waals surface area contributed by atoms with E-state index in [1.807, 2.05) is 13.8 Å². The molecule has 4 atom stereocenters. The van der Waals surface area contributed by atoms with Gasteiger partial charge in [0.25, 0.3) is 5.92 Å². The number of carbonyl (C=O) groups is 3. The maximum atomic E-state index is 16.2. The number of halogens is 2. The van der Waals surface area contributed by atoms with Crippen LogP contribution in [0.1, 0.15) is 111 Å². The number of aromatic nitrogens is 1. The van der Waals surface area contributed by atoms with Crippen molar-refractivity contribution >= 4 is 28.7 Å². The molecule has 11 heteroatoms. The van der Waals surface area contributed by atoms with E-state index in [0.717, 1.165) is 12.8 Å². The molecule has 266 valence electrons. The third kappa shape index (κ3) is 8.74. The zero-order chi connectivity index (χ0) is 35.2. The number of carboxylic acid groups (broad SMARTS) is 1. The predicted octanol–water partition coefficient (Wildman–Crippen LogP) is 8.12. The van der Waals surface area contributed by atoms with Crippen LogP contribution in [0.25, 0.3) is 10.9 Å². The van der Waals surface area contributed by atoms with Crippen molar-refractivity contribution < 1.29 is 37.7 Å². The quantitative estimate of drug-likeness (QED) is 0.183. The van der Waals surface area contributed by atoms with Gasteiger partial charge in [-0.25, -0.2) is 18.6 Å². The fourth-order valence-electron chi connectivity index (χ4n) is 7.43. The summed E-state index contributed by atoms with van der Waals surface area (Å²) in [7, 11) is 1.51. The third-order valence-electron chi connectivity index (χ3n) is 10.0. The largest absolute Gasteiger partial charge is 0.497 e. The number of amides is 2. The average Bonchev–Trinajstić information content (AvgIpc) is 3.68. The summed E-state index contributed by atoms with van der Waals surface area (Å²) in [5.74, 6) is -3.56. The van der Waals surface area contributed by atoms with E-state index >= 15 is 8.78 Å². The summed E-state index contributed by atoms with van der Waals surface area (Å²) in [6.07, 6.45) is 5.50. The molecule has 0 spiro atoms. The number of nitrogens with zero attached hydrogens (tertiary/aromatic N) is 2. The van der Waals surface area contributed by atoms with Crippen molar-refractivity contribution in [2.75, 3.05) is 13.7 Å². The van der Waals surface area contributed by atoms with Crippen LogP contribution in [-0.4, -0.2) is 64.6 Å². The van der Waals surface area contributed by atoms with Crippen LogP contribution >= 0.6 is 0 Å². The minimum atomic E-state index is -3.23. The lowest BCUT2D eigenvalue weighted by Crippen LogP contribution is -2.57. The zero-order valence-corrected chi connectivity index (χ0v) is 29.3. The number of carbonyl (C=O) groups excluding carboxylic acids is 2. The van der Waals surface area contributed by atoms with Gasteiger partial charge >= 0.3 is 6.09 Å². The van der Waals surface area contributed by atoms with E-state index in [-0.39, 0.29) is 36.6 Å². The van der Waals surface area contributed by atoms with Gasteiger partial charge in [-0.3, -0.25) is 9.59 Å². The summed E-state index contributed by atoms with van der Waals surface area (Å²) in [4.78, 5) is 45.4. The molecule has 0 radical (unpaired) electrons. The molecule has 1 aliphatic heterocycles. The van der Waals surface area contributed by atoms with Gasteiger partial charge in [-0.1, -0.05) is 73.1 Å². The molecule has 2 heterocycles. The van der Waals surface area contributed by atoms with Crippen LogP contribution in [0, 0.1) is 17.3 Å². The van der Waals surface area contributed by atoms with Crippen LogP contribution in [0.5, 0.6) is 11.6 Å². The Balaban J connectivity index is 1.70. The van der Waals surface area contributed by atoms with E-state index in [1.54, 1.807) is 39.0 Å². The number of nitrogens with one attached hydrogen (secondary N) is 1. The van der Waals surface area contributed by atoms with E-state index in [4.69, 9.17) is 9.47 Å². The van der Waals surface area contributed by atoms with Crippen molar-refractivity contribution in [1.29, 1.82) is 0 Å². The summed E-state index contributed by atoms with van der Waals surface area (Å²) in [6.45, 7) is 8.89. The van der Waals surface area contributed by atoms with Crippen LogP contribution < -0.4 is 14.8 Å². The summed E-state index contributed by atoms with van der Waals surface area (Å²) in [6, 6.07) is 4.44. The fraction of sp³-hybridized carbons (Fsp3) is 0.676. The van der Waals surface area contributed by atoms with Gasteiger partial charge in [-0.15, -0.1) is 0 Å². The average molecular weight is 674 g/mol. The highest BCUT2D eigenvalue weighted by atomic mass is 19.3.